The Morgan fingerprint density at radius 2 is 1.12 bits per heavy atom. The molecule has 0 aliphatic carbocycles. The van der Waals surface area contributed by atoms with E-state index in [1.54, 1.807) is 14.2 Å². The van der Waals surface area contributed by atoms with Crippen molar-refractivity contribution in [3.8, 4) is 0 Å². The first-order chi connectivity index (χ1) is 7.33. The summed E-state index contributed by atoms with van der Waals surface area (Å²) in [7, 11) is 3.31. The summed E-state index contributed by atoms with van der Waals surface area (Å²) in [5, 5.41) is 0. The van der Waals surface area contributed by atoms with E-state index in [9.17, 15) is 0 Å². The second-order valence-electron chi connectivity index (χ2n) is 5.18. The van der Waals surface area contributed by atoms with Gasteiger partial charge in [-0.2, -0.15) is 0 Å². The predicted molar refractivity (Wildman–Crippen MR) is 66.5 cm³/mol. The highest BCUT2D eigenvalue weighted by Crippen LogP contribution is 2.28. The number of hydrogen-bond acceptors (Lipinski definition) is 2. The molecule has 0 fully saturated rings. The maximum atomic E-state index is 5.38. The molecule has 0 unspecified atom stereocenters. The molecular weight excluding hydrogens is 200 g/mol. The number of hydrogen-bond donors (Lipinski definition) is 0. The summed E-state index contributed by atoms with van der Waals surface area (Å²) in [6.45, 7) is 8.52. The molecule has 0 spiro atoms. The number of benzene rings is 1. The van der Waals surface area contributed by atoms with Crippen molar-refractivity contribution in [1.82, 2.24) is 0 Å². The SMILES string of the molecule is COC(C)(OC)c1ccc(C(C)(C)C)cc1. The molecule has 0 aliphatic heterocycles. The van der Waals surface area contributed by atoms with E-state index in [1.165, 1.54) is 5.56 Å². The lowest BCUT2D eigenvalue weighted by Crippen LogP contribution is -2.26. The zero-order valence-corrected chi connectivity index (χ0v) is 11.1. The summed E-state index contributed by atoms with van der Waals surface area (Å²) in [6.07, 6.45) is 0. The largest absolute Gasteiger partial charge is 0.349 e. The van der Waals surface area contributed by atoms with Gasteiger partial charge in [-0.15, -0.1) is 0 Å². The molecule has 16 heavy (non-hydrogen) atoms. The number of methoxy groups -OCH3 is 2. The second kappa shape index (κ2) is 4.56. The first-order valence-electron chi connectivity index (χ1n) is 5.55. The molecule has 0 aromatic heterocycles. The fourth-order valence-corrected chi connectivity index (χ4v) is 1.59. The topological polar surface area (TPSA) is 18.5 Å². The molecule has 0 saturated carbocycles. The van der Waals surface area contributed by atoms with Gasteiger partial charge in [-0.25, -0.2) is 0 Å². The highest BCUT2D eigenvalue weighted by Gasteiger charge is 2.25. The lowest BCUT2D eigenvalue weighted by atomic mass is 9.86. The summed E-state index contributed by atoms with van der Waals surface area (Å²) >= 11 is 0. The van der Waals surface area contributed by atoms with Crippen LogP contribution >= 0.6 is 0 Å². The fourth-order valence-electron chi connectivity index (χ4n) is 1.59. The van der Waals surface area contributed by atoms with Crippen LogP contribution < -0.4 is 0 Å². The van der Waals surface area contributed by atoms with Gasteiger partial charge in [0.2, 0.25) is 0 Å². The lowest BCUT2D eigenvalue weighted by Gasteiger charge is -2.28. The van der Waals surface area contributed by atoms with Gasteiger partial charge in [0.15, 0.2) is 5.79 Å². The highest BCUT2D eigenvalue weighted by atomic mass is 16.7. The minimum absolute atomic E-state index is 0.176. The number of ether oxygens (including phenoxy) is 2. The molecule has 90 valence electrons. The second-order valence-corrected chi connectivity index (χ2v) is 5.18. The Labute approximate surface area is 98.6 Å². The Morgan fingerprint density at radius 3 is 1.44 bits per heavy atom. The van der Waals surface area contributed by atoms with Crippen molar-refractivity contribution in [2.75, 3.05) is 14.2 Å². The molecule has 1 aromatic rings. The van der Waals surface area contributed by atoms with Gasteiger partial charge in [0.05, 0.1) is 0 Å². The van der Waals surface area contributed by atoms with Crippen LogP contribution in [0.3, 0.4) is 0 Å². The van der Waals surface area contributed by atoms with Crippen molar-refractivity contribution < 1.29 is 9.47 Å². The average molecular weight is 222 g/mol. The van der Waals surface area contributed by atoms with Crippen molar-refractivity contribution in [1.29, 1.82) is 0 Å². The molecule has 1 rings (SSSR count). The third kappa shape index (κ3) is 2.63. The predicted octanol–water partition coefficient (Wildman–Crippen LogP) is 3.45. The van der Waals surface area contributed by atoms with Gasteiger partial charge in [0.25, 0.3) is 0 Å². The molecule has 2 nitrogen and oxygen atoms in total. The molecule has 2 heteroatoms. The van der Waals surface area contributed by atoms with E-state index in [1.807, 2.05) is 6.92 Å². The van der Waals surface area contributed by atoms with E-state index in [4.69, 9.17) is 9.47 Å². The minimum Gasteiger partial charge on any atom is -0.349 e. The fraction of sp³-hybridized carbons (Fsp3) is 0.571. The Balaban J connectivity index is 3.04. The van der Waals surface area contributed by atoms with Gasteiger partial charge < -0.3 is 9.47 Å². The van der Waals surface area contributed by atoms with Crippen LogP contribution in [-0.4, -0.2) is 14.2 Å². The molecule has 0 bridgehead atoms. The first-order valence-corrected chi connectivity index (χ1v) is 5.55. The maximum Gasteiger partial charge on any atom is 0.191 e. The standard InChI is InChI=1S/C14H22O2/c1-13(2,3)11-7-9-12(10-8-11)14(4,15-5)16-6/h7-10H,1-6H3. The first kappa shape index (κ1) is 13.2. The zero-order chi connectivity index (χ0) is 12.4. The van der Waals surface area contributed by atoms with E-state index in [2.05, 4.69) is 45.0 Å². The van der Waals surface area contributed by atoms with E-state index >= 15 is 0 Å². The molecule has 0 N–H and O–H groups in total. The van der Waals surface area contributed by atoms with Crippen LogP contribution in [0.4, 0.5) is 0 Å². The van der Waals surface area contributed by atoms with Gasteiger partial charge in [-0.1, -0.05) is 45.0 Å². The van der Waals surface area contributed by atoms with E-state index in [0.717, 1.165) is 5.56 Å². The van der Waals surface area contributed by atoms with Gasteiger partial charge in [-0.05, 0) is 17.9 Å². The molecule has 0 amide bonds. The maximum absolute atomic E-state index is 5.38. The average Bonchev–Trinajstić information content (AvgIpc) is 2.27. The van der Waals surface area contributed by atoms with E-state index < -0.39 is 5.79 Å². The van der Waals surface area contributed by atoms with Crippen LogP contribution in [0, 0.1) is 0 Å². The summed E-state index contributed by atoms with van der Waals surface area (Å²) in [5.41, 5.74) is 2.52. The van der Waals surface area contributed by atoms with Crippen LogP contribution in [0.1, 0.15) is 38.8 Å². The van der Waals surface area contributed by atoms with Crippen LogP contribution in [-0.2, 0) is 20.7 Å². The smallest absolute Gasteiger partial charge is 0.191 e. The van der Waals surface area contributed by atoms with Crippen LogP contribution in [0.15, 0.2) is 24.3 Å². The van der Waals surface area contributed by atoms with E-state index in [0.29, 0.717) is 0 Å². The molecule has 0 radical (unpaired) electrons. The molecule has 0 atom stereocenters. The minimum atomic E-state index is -0.656. The molecule has 1 aromatic carbocycles. The lowest BCUT2D eigenvalue weighted by molar-refractivity contribution is -0.201. The summed E-state index contributed by atoms with van der Waals surface area (Å²) in [4.78, 5) is 0. The van der Waals surface area contributed by atoms with Crippen LogP contribution in [0.2, 0.25) is 0 Å². The monoisotopic (exact) mass is 222 g/mol. The van der Waals surface area contributed by atoms with Crippen LogP contribution in [0.25, 0.3) is 0 Å². The highest BCUT2D eigenvalue weighted by molar-refractivity contribution is 5.29. The Kier molecular flexibility index (Phi) is 3.76. The van der Waals surface area contributed by atoms with Gasteiger partial charge in [-0.3, -0.25) is 0 Å². The van der Waals surface area contributed by atoms with Crippen molar-refractivity contribution in [3.63, 3.8) is 0 Å². The molecular formula is C14H22O2. The van der Waals surface area contributed by atoms with Crippen molar-refractivity contribution >= 4 is 0 Å². The normalized spacial score (nSPS) is 12.9. The van der Waals surface area contributed by atoms with Crippen molar-refractivity contribution in [2.24, 2.45) is 0 Å². The third-order valence-electron chi connectivity index (χ3n) is 3.05. The number of rotatable bonds is 3. The summed E-state index contributed by atoms with van der Waals surface area (Å²) < 4.78 is 10.8. The summed E-state index contributed by atoms with van der Waals surface area (Å²) in [6, 6.07) is 8.39. The van der Waals surface area contributed by atoms with Gasteiger partial charge in [0.1, 0.15) is 0 Å². The zero-order valence-electron chi connectivity index (χ0n) is 11.1. The Morgan fingerprint density at radius 1 is 0.750 bits per heavy atom. The van der Waals surface area contributed by atoms with E-state index in [-0.39, 0.29) is 5.41 Å². The molecule has 0 heterocycles. The Bertz CT molecular complexity index is 329. The third-order valence-corrected chi connectivity index (χ3v) is 3.05. The quantitative estimate of drug-likeness (QED) is 0.729. The van der Waals surface area contributed by atoms with Gasteiger partial charge in [0, 0.05) is 19.8 Å². The van der Waals surface area contributed by atoms with Crippen molar-refractivity contribution in [2.45, 2.75) is 38.9 Å². The summed E-state index contributed by atoms with van der Waals surface area (Å²) in [5.74, 6) is -0.656. The van der Waals surface area contributed by atoms with Crippen LogP contribution in [0.5, 0.6) is 0 Å². The molecule has 0 aliphatic rings. The van der Waals surface area contributed by atoms with Gasteiger partial charge >= 0.3 is 0 Å². The van der Waals surface area contributed by atoms with Crippen molar-refractivity contribution in [3.05, 3.63) is 35.4 Å². The Hall–Kier alpha value is -0.860. The molecule has 0 saturated heterocycles.